The van der Waals surface area contributed by atoms with Crippen molar-refractivity contribution in [2.24, 2.45) is 0 Å². The lowest BCUT2D eigenvalue weighted by atomic mass is 10.0. The molecule has 1 saturated heterocycles. The third kappa shape index (κ3) is 3.69. The molecular weight excluding hydrogens is 284 g/mol. The Bertz CT molecular complexity index is 525. The lowest BCUT2D eigenvalue weighted by molar-refractivity contribution is -0.132. The fourth-order valence-electron chi connectivity index (χ4n) is 2.61. The van der Waals surface area contributed by atoms with Gasteiger partial charge in [0.1, 0.15) is 0 Å². The molecule has 0 aliphatic carbocycles. The molecule has 2 rings (SSSR count). The number of piperazine rings is 1. The second-order valence-corrected chi connectivity index (χ2v) is 5.49. The Kier molecular flexibility index (Phi) is 5.63. The number of carbonyl (C=O) groups excluding carboxylic acids is 1. The lowest BCUT2D eigenvalue weighted by Crippen LogP contribution is -2.47. The highest BCUT2D eigenvalue weighted by Gasteiger charge is 2.21. The van der Waals surface area contributed by atoms with Crippen molar-refractivity contribution < 1.29 is 19.4 Å². The Morgan fingerprint density at radius 3 is 2.14 bits per heavy atom. The predicted octanol–water partition coefficient (Wildman–Crippen LogP) is 0.513. The topological polar surface area (TPSA) is 62.2 Å². The quantitative estimate of drug-likeness (QED) is 0.859. The Morgan fingerprint density at radius 2 is 1.64 bits per heavy atom. The zero-order chi connectivity index (χ0) is 16.1. The summed E-state index contributed by atoms with van der Waals surface area (Å²) in [4.78, 5) is 16.5. The van der Waals surface area contributed by atoms with Gasteiger partial charge in [0, 0.05) is 26.2 Å². The number of ether oxygens (including phenoxy) is 2. The summed E-state index contributed by atoms with van der Waals surface area (Å²) in [7, 11) is 5.16. The molecule has 1 amide bonds. The molecule has 0 unspecified atom stereocenters. The number of hydrogen-bond acceptors (Lipinski definition) is 5. The second kappa shape index (κ2) is 7.47. The SMILES string of the molecule is COc1cc(CO)c(CC(=O)N2CCN(C)CC2)cc1OC. The van der Waals surface area contributed by atoms with Gasteiger partial charge in [0.05, 0.1) is 27.2 Å². The van der Waals surface area contributed by atoms with E-state index in [1.54, 1.807) is 26.4 Å². The fraction of sp³-hybridized carbons (Fsp3) is 0.562. The van der Waals surface area contributed by atoms with E-state index in [1.165, 1.54) is 0 Å². The van der Waals surface area contributed by atoms with Crippen LogP contribution in [-0.2, 0) is 17.8 Å². The van der Waals surface area contributed by atoms with Crippen LogP contribution in [0.15, 0.2) is 12.1 Å². The molecule has 0 saturated carbocycles. The molecule has 1 aromatic carbocycles. The van der Waals surface area contributed by atoms with E-state index in [2.05, 4.69) is 11.9 Å². The van der Waals surface area contributed by atoms with Crippen molar-refractivity contribution in [3.63, 3.8) is 0 Å². The van der Waals surface area contributed by atoms with Crippen molar-refractivity contribution in [1.29, 1.82) is 0 Å². The number of amides is 1. The third-order valence-corrected chi connectivity index (χ3v) is 4.07. The molecule has 0 spiro atoms. The number of nitrogens with zero attached hydrogens (tertiary/aromatic N) is 2. The molecule has 122 valence electrons. The lowest BCUT2D eigenvalue weighted by Gasteiger charge is -2.32. The average Bonchev–Trinajstić information content (AvgIpc) is 2.54. The molecular formula is C16H24N2O4. The van der Waals surface area contributed by atoms with Crippen LogP contribution in [0.2, 0.25) is 0 Å². The number of aliphatic hydroxyl groups is 1. The van der Waals surface area contributed by atoms with Crippen LogP contribution in [0.25, 0.3) is 0 Å². The Hall–Kier alpha value is -1.79. The number of rotatable bonds is 5. The van der Waals surface area contributed by atoms with Crippen LogP contribution in [0, 0.1) is 0 Å². The van der Waals surface area contributed by atoms with Crippen LogP contribution >= 0.6 is 0 Å². The zero-order valence-corrected chi connectivity index (χ0v) is 13.5. The minimum Gasteiger partial charge on any atom is -0.493 e. The first-order chi connectivity index (χ1) is 10.6. The van der Waals surface area contributed by atoms with Gasteiger partial charge in [-0.3, -0.25) is 4.79 Å². The van der Waals surface area contributed by atoms with E-state index >= 15 is 0 Å². The van der Waals surface area contributed by atoms with Crippen LogP contribution in [0.4, 0.5) is 0 Å². The minimum atomic E-state index is -0.133. The van der Waals surface area contributed by atoms with E-state index in [9.17, 15) is 9.90 Å². The van der Waals surface area contributed by atoms with Crippen molar-refractivity contribution in [3.8, 4) is 11.5 Å². The molecule has 1 aliphatic heterocycles. The van der Waals surface area contributed by atoms with Gasteiger partial charge in [0.25, 0.3) is 0 Å². The summed E-state index contributed by atoms with van der Waals surface area (Å²) in [6.45, 7) is 3.15. The van der Waals surface area contributed by atoms with E-state index in [0.717, 1.165) is 31.7 Å². The average molecular weight is 308 g/mol. The van der Waals surface area contributed by atoms with Crippen LogP contribution in [0.3, 0.4) is 0 Å². The molecule has 1 aromatic rings. The van der Waals surface area contributed by atoms with Crippen molar-refractivity contribution in [1.82, 2.24) is 9.80 Å². The molecule has 0 radical (unpaired) electrons. The van der Waals surface area contributed by atoms with E-state index in [-0.39, 0.29) is 18.9 Å². The first-order valence-corrected chi connectivity index (χ1v) is 7.40. The molecule has 6 nitrogen and oxygen atoms in total. The van der Waals surface area contributed by atoms with Gasteiger partial charge in [-0.1, -0.05) is 0 Å². The number of methoxy groups -OCH3 is 2. The summed E-state index contributed by atoms with van der Waals surface area (Å²) >= 11 is 0. The predicted molar refractivity (Wildman–Crippen MR) is 83.2 cm³/mol. The van der Waals surface area contributed by atoms with E-state index in [1.807, 2.05) is 4.90 Å². The van der Waals surface area contributed by atoms with Gasteiger partial charge in [-0.25, -0.2) is 0 Å². The maximum atomic E-state index is 12.5. The van der Waals surface area contributed by atoms with E-state index < -0.39 is 0 Å². The third-order valence-electron chi connectivity index (χ3n) is 4.07. The minimum absolute atomic E-state index is 0.0787. The Labute approximate surface area is 131 Å². The molecule has 1 fully saturated rings. The van der Waals surface area contributed by atoms with Gasteiger partial charge in [0.15, 0.2) is 11.5 Å². The van der Waals surface area contributed by atoms with Gasteiger partial charge in [-0.05, 0) is 30.3 Å². The van der Waals surface area contributed by atoms with Gasteiger partial charge >= 0.3 is 0 Å². The molecule has 1 N–H and O–H groups in total. The molecule has 1 aliphatic rings. The summed E-state index contributed by atoms with van der Waals surface area (Å²) < 4.78 is 10.5. The van der Waals surface area contributed by atoms with Gasteiger partial charge in [-0.2, -0.15) is 0 Å². The van der Waals surface area contributed by atoms with Crippen molar-refractivity contribution in [3.05, 3.63) is 23.3 Å². The van der Waals surface area contributed by atoms with Gasteiger partial charge in [0.2, 0.25) is 5.91 Å². The molecule has 22 heavy (non-hydrogen) atoms. The van der Waals surface area contributed by atoms with Crippen LogP contribution in [-0.4, -0.2) is 68.3 Å². The molecule has 1 heterocycles. The standard InChI is InChI=1S/C16H24N2O4/c1-17-4-6-18(7-5-17)16(20)10-12-8-14(21-2)15(22-3)9-13(12)11-19/h8-9,19H,4-7,10-11H2,1-3H3. The number of likely N-dealkylation sites (N-methyl/N-ethyl adjacent to an activating group) is 1. The van der Waals surface area contributed by atoms with Gasteiger partial charge < -0.3 is 24.4 Å². The summed E-state index contributed by atoms with van der Waals surface area (Å²) in [5.74, 6) is 1.21. The summed E-state index contributed by atoms with van der Waals surface area (Å²) in [5.41, 5.74) is 1.48. The maximum Gasteiger partial charge on any atom is 0.227 e. The van der Waals surface area contributed by atoms with Crippen molar-refractivity contribution >= 4 is 5.91 Å². The highest BCUT2D eigenvalue weighted by atomic mass is 16.5. The van der Waals surface area contributed by atoms with Crippen molar-refractivity contribution in [2.45, 2.75) is 13.0 Å². The van der Waals surface area contributed by atoms with E-state index in [0.29, 0.717) is 17.1 Å². The number of benzene rings is 1. The summed E-state index contributed by atoms with van der Waals surface area (Å²) in [6.07, 6.45) is 0.264. The number of aliphatic hydroxyl groups excluding tert-OH is 1. The van der Waals surface area contributed by atoms with Crippen LogP contribution in [0.1, 0.15) is 11.1 Å². The highest BCUT2D eigenvalue weighted by molar-refractivity contribution is 5.79. The highest BCUT2D eigenvalue weighted by Crippen LogP contribution is 2.31. The summed E-state index contributed by atoms with van der Waals surface area (Å²) in [6, 6.07) is 3.50. The zero-order valence-electron chi connectivity index (χ0n) is 13.5. The summed E-state index contributed by atoms with van der Waals surface area (Å²) in [5, 5.41) is 9.53. The first-order valence-electron chi connectivity index (χ1n) is 7.40. The van der Waals surface area contributed by atoms with Gasteiger partial charge in [-0.15, -0.1) is 0 Å². The first kappa shape index (κ1) is 16.6. The largest absolute Gasteiger partial charge is 0.493 e. The second-order valence-electron chi connectivity index (χ2n) is 5.49. The van der Waals surface area contributed by atoms with Crippen LogP contribution < -0.4 is 9.47 Å². The maximum absolute atomic E-state index is 12.5. The Balaban J connectivity index is 2.15. The van der Waals surface area contributed by atoms with Crippen LogP contribution in [0.5, 0.6) is 11.5 Å². The van der Waals surface area contributed by atoms with Crippen molar-refractivity contribution in [2.75, 3.05) is 47.4 Å². The number of carbonyl (C=O) groups is 1. The normalized spacial score (nSPS) is 15.7. The monoisotopic (exact) mass is 308 g/mol. The number of hydrogen-bond donors (Lipinski definition) is 1. The molecule has 0 bridgehead atoms. The molecule has 0 atom stereocenters. The Morgan fingerprint density at radius 1 is 1.09 bits per heavy atom. The fourth-order valence-corrected chi connectivity index (χ4v) is 2.61. The molecule has 0 aromatic heterocycles. The smallest absolute Gasteiger partial charge is 0.227 e. The molecule has 6 heteroatoms. The van der Waals surface area contributed by atoms with E-state index in [4.69, 9.17) is 9.47 Å².